The molecule has 0 saturated heterocycles. The van der Waals surface area contributed by atoms with Gasteiger partial charge in [-0.05, 0) is 43.3 Å². The summed E-state index contributed by atoms with van der Waals surface area (Å²) in [6.07, 6.45) is 0. The average molecular weight is 264 g/mol. The van der Waals surface area contributed by atoms with Gasteiger partial charge in [-0.1, -0.05) is 0 Å². The number of benzene rings is 2. The summed E-state index contributed by atoms with van der Waals surface area (Å²) in [4.78, 5) is 0. The second-order valence-corrected chi connectivity index (χ2v) is 3.94. The van der Waals surface area contributed by atoms with Crippen molar-refractivity contribution >= 4 is 17.1 Å². The molecule has 2 aromatic carbocycles. The zero-order valence-corrected chi connectivity index (χ0v) is 10.4. The molecule has 0 aliphatic carbocycles. The van der Waals surface area contributed by atoms with Gasteiger partial charge in [0.05, 0.1) is 6.61 Å². The van der Waals surface area contributed by atoms with Crippen LogP contribution in [0.5, 0.6) is 5.75 Å². The summed E-state index contributed by atoms with van der Waals surface area (Å²) in [5, 5.41) is 2.68. The molecule has 0 amide bonds. The topological polar surface area (TPSA) is 47.3 Å². The average Bonchev–Trinajstić information content (AvgIpc) is 2.36. The first-order chi connectivity index (χ1) is 9.10. The van der Waals surface area contributed by atoms with Crippen LogP contribution in [0.2, 0.25) is 0 Å². The molecule has 0 bridgehead atoms. The van der Waals surface area contributed by atoms with Crippen LogP contribution in [0.15, 0.2) is 36.4 Å². The summed E-state index contributed by atoms with van der Waals surface area (Å²) in [5.41, 5.74) is 5.74. The first-order valence-corrected chi connectivity index (χ1v) is 5.84. The fourth-order valence-corrected chi connectivity index (χ4v) is 1.66. The summed E-state index contributed by atoms with van der Waals surface area (Å²) in [5.74, 6) is -0.760. The summed E-state index contributed by atoms with van der Waals surface area (Å²) in [6.45, 7) is 2.44. The van der Waals surface area contributed by atoms with E-state index in [4.69, 9.17) is 10.5 Å². The van der Waals surface area contributed by atoms with Crippen LogP contribution < -0.4 is 15.8 Å². The standard InChI is InChI=1S/C14H14F2N2O/c1-2-19-11-5-3-10(4-6-11)18-14-12(15)7-9(17)8-13(14)16/h3-8,18H,2,17H2,1H3. The number of nitrogens with one attached hydrogen (secondary N) is 1. The molecular formula is C14H14F2N2O. The van der Waals surface area contributed by atoms with Crippen LogP contribution in [-0.4, -0.2) is 6.61 Å². The Morgan fingerprint density at radius 3 is 2.21 bits per heavy atom. The fraction of sp³-hybridized carbons (Fsp3) is 0.143. The highest BCUT2D eigenvalue weighted by Gasteiger charge is 2.10. The molecule has 0 atom stereocenters. The Morgan fingerprint density at radius 2 is 1.68 bits per heavy atom. The van der Waals surface area contributed by atoms with E-state index in [1.165, 1.54) is 0 Å². The van der Waals surface area contributed by atoms with Crippen molar-refractivity contribution in [2.45, 2.75) is 6.92 Å². The molecule has 5 heteroatoms. The quantitative estimate of drug-likeness (QED) is 0.828. The molecule has 0 heterocycles. The molecule has 3 N–H and O–H groups in total. The highest BCUT2D eigenvalue weighted by molar-refractivity contribution is 5.63. The number of nitrogen functional groups attached to an aromatic ring is 1. The molecule has 2 aromatic rings. The maximum Gasteiger partial charge on any atom is 0.151 e. The molecule has 0 aliphatic rings. The van der Waals surface area contributed by atoms with Crippen molar-refractivity contribution in [2.24, 2.45) is 0 Å². The van der Waals surface area contributed by atoms with Gasteiger partial charge in [-0.3, -0.25) is 0 Å². The van der Waals surface area contributed by atoms with Crippen molar-refractivity contribution in [1.29, 1.82) is 0 Å². The normalized spacial score (nSPS) is 10.3. The number of halogens is 2. The molecular weight excluding hydrogens is 250 g/mol. The number of hydrogen-bond acceptors (Lipinski definition) is 3. The van der Waals surface area contributed by atoms with E-state index in [0.717, 1.165) is 12.1 Å². The summed E-state index contributed by atoms with van der Waals surface area (Å²) in [6, 6.07) is 8.94. The predicted octanol–water partition coefficient (Wildman–Crippen LogP) is 3.69. The molecule has 0 fully saturated rings. The fourth-order valence-electron chi connectivity index (χ4n) is 1.66. The second kappa shape index (κ2) is 5.56. The molecule has 0 unspecified atom stereocenters. The number of rotatable bonds is 4. The zero-order chi connectivity index (χ0) is 13.8. The number of nitrogens with two attached hydrogens (primary N) is 1. The number of hydrogen-bond donors (Lipinski definition) is 2. The Bertz CT molecular complexity index is 547. The Balaban J connectivity index is 2.21. The van der Waals surface area contributed by atoms with Crippen molar-refractivity contribution in [3.63, 3.8) is 0 Å². The Labute approximate surface area is 110 Å². The molecule has 100 valence electrons. The van der Waals surface area contributed by atoms with Gasteiger partial charge in [-0.15, -0.1) is 0 Å². The van der Waals surface area contributed by atoms with Gasteiger partial charge in [0.25, 0.3) is 0 Å². The van der Waals surface area contributed by atoms with Crippen molar-refractivity contribution < 1.29 is 13.5 Å². The smallest absolute Gasteiger partial charge is 0.151 e. The van der Waals surface area contributed by atoms with E-state index in [1.54, 1.807) is 24.3 Å². The van der Waals surface area contributed by atoms with Crippen LogP contribution in [0.4, 0.5) is 25.8 Å². The van der Waals surface area contributed by atoms with Crippen molar-refractivity contribution in [1.82, 2.24) is 0 Å². The van der Waals surface area contributed by atoms with Gasteiger partial charge in [0.2, 0.25) is 0 Å². The first kappa shape index (κ1) is 13.1. The summed E-state index contributed by atoms with van der Waals surface area (Å²) >= 11 is 0. The SMILES string of the molecule is CCOc1ccc(Nc2c(F)cc(N)cc2F)cc1. The third kappa shape index (κ3) is 3.13. The third-order valence-electron chi connectivity index (χ3n) is 2.50. The molecule has 0 aromatic heterocycles. The Morgan fingerprint density at radius 1 is 1.11 bits per heavy atom. The number of ether oxygens (including phenoxy) is 1. The Hall–Kier alpha value is -2.30. The van der Waals surface area contributed by atoms with E-state index < -0.39 is 11.6 Å². The van der Waals surface area contributed by atoms with E-state index in [-0.39, 0.29) is 11.4 Å². The van der Waals surface area contributed by atoms with Crippen molar-refractivity contribution in [3.05, 3.63) is 48.0 Å². The maximum atomic E-state index is 13.6. The van der Waals surface area contributed by atoms with Gasteiger partial charge < -0.3 is 15.8 Å². The van der Waals surface area contributed by atoms with Gasteiger partial charge in [0.15, 0.2) is 11.6 Å². The summed E-state index contributed by atoms with van der Waals surface area (Å²) in [7, 11) is 0. The maximum absolute atomic E-state index is 13.6. The minimum absolute atomic E-state index is 0.0484. The minimum atomic E-state index is -0.730. The molecule has 0 radical (unpaired) electrons. The first-order valence-electron chi connectivity index (χ1n) is 5.84. The molecule has 0 spiro atoms. The predicted molar refractivity (Wildman–Crippen MR) is 71.7 cm³/mol. The van der Waals surface area contributed by atoms with Crippen LogP contribution >= 0.6 is 0 Å². The van der Waals surface area contributed by atoms with Gasteiger partial charge in [-0.2, -0.15) is 0 Å². The van der Waals surface area contributed by atoms with Gasteiger partial charge in [0.1, 0.15) is 11.4 Å². The number of anilines is 3. The van der Waals surface area contributed by atoms with E-state index in [9.17, 15) is 8.78 Å². The summed E-state index contributed by atoms with van der Waals surface area (Å²) < 4.78 is 32.5. The lowest BCUT2D eigenvalue weighted by molar-refractivity contribution is 0.340. The largest absolute Gasteiger partial charge is 0.494 e. The van der Waals surface area contributed by atoms with Crippen molar-refractivity contribution in [3.8, 4) is 5.75 Å². The van der Waals surface area contributed by atoms with E-state index in [0.29, 0.717) is 18.0 Å². The minimum Gasteiger partial charge on any atom is -0.494 e. The van der Waals surface area contributed by atoms with Crippen LogP contribution in [0.3, 0.4) is 0 Å². The molecule has 3 nitrogen and oxygen atoms in total. The highest BCUT2D eigenvalue weighted by Crippen LogP contribution is 2.26. The third-order valence-corrected chi connectivity index (χ3v) is 2.50. The molecule has 19 heavy (non-hydrogen) atoms. The molecule has 2 rings (SSSR count). The second-order valence-electron chi connectivity index (χ2n) is 3.94. The van der Waals surface area contributed by atoms with E-state index in [1.807, 2.05) is 6.92 Å². The monoisotopic (exact) mass is 264 g/mol. The van der Waals surface area contributed by atoms with Crippen LogP contribution in [0.25, 0.3) is 0 Å². The van der Waals surface area contributed by atoms with Crippen LogP contribution in [0.1, 0.15) is 6.92 Å². The lowest BCUT2D eigenvalue weighted by Gasteiger charge is -2.10. The lowest BCUT2D eigenvalue weighted by atomic mass is 10.2. The van der Waals surface area contributed by atoms with Crippen molar-refractivity contribution in [2.75, 3.05) is 17.7 Å². The van der Waals surface area contributed by atoms with E-state index >= 15 is 0 Å². The van der Waals surface area contributed by atoms with Crippen LogP contribution in [-0.2, 0) is 0 Å². The molecule has 0 saturated carbocycles. The van der Waals surface area contributed by atoms with Gasteiger partial charge >= 0.3 is 0 Å². The van der Waals surface area contributed by atoms with Gasteiger partial charge in [0, 0.05) is 11.4 Å². The molecule has 0 aliphatic heterocycles. The highest BCUT2D eigenvalue weighted by atomic mass is 19.1. The zero-order valence-electron chi connectivity index (χ0n) is 10.4. The van der Waals surface area contributed by atoms with Gasteiger partial charge in [-0.25, -0.2) is 8.78 Å². The van der Waals surface area contributed by atoms with Crippen LogP contribution in [0, 0.1) is 11.6 Å². The lowest BCUT2D eigenvalue weighted by Crippen LogP contribution is -1.99. The Kier molecular flexibility index (Phi) is 3.85. The van der Waals surface area contributed by atoms with E-state index in [2.05, 4.69) is 5.32 Å².